The molecule has 17 heteroatoms. The van der Waals surface area contributed by atoms with Gasteiger partial charge in [0.15, 0.2) is 11.6 Å². The molecule has 3 aromatic carbocycles. The van der Waals surface area contributed by atoms with Crippen LogP contribution in [-0.2, 0) is 51.7 Å². The molecule has 2 aliphatic heterocycles. The van der Waals surface area contributed by atoms with Crippen LogP contribution in [0.4, 0.5) is 10.2 Å². The zero-order chi connectivity index (χ0) is 56.5. The van der Waals surface area contributed by atoms with E-state index in [2.05, 4.69) is 33.1 Å². The summed E-state index contributed by atoms with van der Waals surface area (Å²) in [5, 5.41) is 14.2. The molecule has 0 saturated heterocycles. The highest BCUT2D eigenvalue weighted by Gasteiger charge is 2.43. The van der Waals surface area contributed by atoms with Crippen LogP contribution in [0.3, 0.4) is 0 Å². The fourth-order valence-electron chi connectivity index (χ4n) is 11.2. The van der Waals surface area contributed by atoms with Gasteiger partial charge in [0.1, 0.15) is 35.5 Å². The van der Waals surface area contributed by atoms with Crippen molar-refractivity contribution >= 4 is 35.2 Å². The van der Waals surface area contributed by atoms with E-state index in [1.165, 1.54) is 23.8 Å². The number of benzene rings is 3. The quantitative estimate of drug-likeness (QED) is 0.0541. The summed E-state index contributed by atoms with van der Waals surface area (Å²) in [6.45, 7) is 12.6. The van der Waals surface area contributed by atoms with Crippen molar-refractivity contribution in [1.29, 1.82) is 0 Å². The van der Waals surface area contributed by atoms with Crippen molar-refractivity contribution in [2.75, 3.05) is 26.4 Å². The number of carbonyl (C=O) groups excluding carboxylic acids is 5. The average Bonchev–Trinajstić information content (AvgIpc) is 3.90. The number of aromatic nitrogens is 3. The summed E-state index contributed by atoms with van der Waals surface area (Å²) in [7, 11) is 3.41. The lowest BCUT2D eigenvalue weighted by atomic mass is 9.83. The second-order valence-electron chi connectivity index (χ2n) is 22.8. The third-order valence-corrected chi connectivity index (χ3v) is 15.9. The average molecular weight is 1080 g/mol. The van der Waals surface area contributed by atoms with Crippen molar-refractivity contribution in [3.8, 4) is 22.6 Å². The highest BCUT2D eigenvalue weighted by molar-refractivity contribution is 5.96. The van der Waals surface area contributed by atoms with Gasteiger partial charge in [-0.2, -0.15) is 5.10 Å². The van der Waals surface area contributed by atoms with Gasteiger partial charge < -0.3 is 41.0 Å². The Morgan fingerprint density at radius 1 is 0.911 bits per heavy atom. The third-order valence-electron chi connectivity index (χ3n) is 15.9. The van der Waals surface area contributed by atoms with E-state index in [1.54, 1.807) is 43.9 Å². The normalized spacial score (nSPS) is 17.8. The number of unbranched alkanes of at least 4 members (excludes halogenated alkanes) is 5. The van der Waals surface area contributed by atoms with Crippen molar-refractivity contribution in [2.24, 2.45) is 5.41 Å². The van der Waals surface area contributed by atoms with Crippen LogP contribution in [-0.4, -0.2) is 92.8 Å². The van der Waals surface area contributed by atoms with Gasteiger partial charge >= 0.3 is 0 Å². The van der Waals surface area contributed by atoms with E-state index in [1.807, 2.05) is 68.8 Å². The molecule has 0 saturated carbocycles. The summed E-state index contributed by atoms with van der Waals surface area (Å²) in [6.07, 6.45) is 11.2. The maximum atomic E-state index is 14.8. The van der Waals surface area contributed by atoms with E-state index in [0.29, 0.717) is 61.5 Å². The van der Waals surface area contributed by atoms with Crippen molar-refractivity contribution in [3.05, 3.63) is 124 Å². The number of hydrogen-bond acceptors (Lipinski definition) is 11. The number of pyridine rings is 1. The monoisotopic (exact) mass is 1080 g/mol. The van der Waals surface area contributed by atoms with Crippen LogP contribution < -0.4 is 31.2 Å². The van der Waals surface area contributed by atoms with Crippen molar-refractivity contribution in [1.82, 2.24) is 40.5 Å². The van der Waals surface area contributed by atoms with Gasteiger partial charge in [0.2, 0.25) is 17.7 Å². The molecule has 5 N–H and O–H groups in total. The molecule has 4 heterocycles. The molecular formula is C62H80FN9O7. The van der Waals surface area contributed by atoms with E-state index >= 15 is 0 Å². The Bertz CT molecular complexity index is 3020. The Kier molecular flexibility index (Phi) is 18.9. The van der Waals surface area contributed by atoms with E-state index in [9.17, 15) is 28.4 Å². The van der Waals surface area contributed by atoms with E-state index in [4.69, 9.17) is 20.3 Å². The van der Waals surface area contributed by atoms with E-state index < -0.39 is 35.5 Å². The molecule has 3 aliphatic rings. The zero-order valence-electron chi connectivity index (χ0n) is 47.4. The number of anilines is 1. The van der Waals surface area contributed by atoms with Crippen LogP contribution in [0.5, 0.6) is 11.5 Å². The van der Waals surface area contributed by atoms with Gasteiger partial charge in [-0.05, 0) is 130 Å². The highest BCUT2D eigenvalue weighted by atomic mass is 19.1. The lowest BCUT2D eigenvalue weighted by Crippen LogP contribution is -2.62. The summed E-state index contributed by atoms with van der Waals surface area (Å²) in [4.78, 5) is 77.1. The first-order chi connectivity index (χ1) is 37.8. The van der Waals surface area contributed by atoms with Crippen LogP contribution in [0.1, 0.15) is 167 Å². The number of ketones is 1. The van der Waals surface area contributed by atoms with Gasteiger partial charge in [0, 0.05) is 67.9 Å². The Morgan fingerprint density at radius 3 is 2.43 bits per heavy atom. The van der Waals surface area contributed by atoms with Crippen LogP contribution in [0.15, 0.2) is 72.9 Å². The number of hydrogen-bond donors (Lipinski definition) is 4. The van der Waals surface area contributed by atoms with Crippen molar-refractivity contribution in [3.63, 3.8) is 0 Å². The molecule has 5 atom stereocenters. The molecule has 4 amide bonds. The number of nitrogen functional groups attached to an aromatic ring is 1. The Labute approximate surface area is 464 Å². The van der Waals surface area contributed by atoms with Crippen molar-refractivity contribution in [2.45, 2.75) is 175 Å². The maximum absolute atomic E-state index is 14.8. The number of amides is 4. The molecule has 2 aromatic heterocycles. The summed E-state index contributed by atoms with van der Waals surface area (Å²) >= 11 is 0. The van der Waals surface area contributed by atoms with Gasteiger partial charge in [-0.25, -0.2) is 9.37 Å². The highest BCUT2D eigenvalue weighted by Crippen LogP contribution is 2.38. The van der Waals surface area contributed by atoms with Crippen LogP contribution >= 0.6 is 0 Å². The molecule has 5 aromatic rings. The summed E-state index contributed by atoms with van der Waals surface area (Å²) in [6, 6.07) is 17.7. The van der Waals surface area contributed by atoms with Gasteiger partial charge in [-0.1, -0.05) is 76.8 Å². The number of likely N-dealkylation sites (N-methyl/N-ethyl adjacent to an activating group) is 1. The summed E-state index contributed by atoms with van der Waals surface area (Å²) in [5.41, 5.74) is 13.7. The fraction of sp³-hybridized carbons (Fsp3) is 0.500. The number of nitrogens with one attached hydrogen (secondary N) is 3. The smallest absolute Gasteiger partial charge is 0.254 e. The minimum Gasteiger partial charge on any atom is -0.494 e. The van der Waals surface area contributed by atoms with Crippen LogP contribution in [0.25, 0.3) is 11.1 Å². The number of ether oxygens (including phenoxy) is 2. The van der Waals surface area contributed by atoms with Gasteiger partial charge in [0.25, 0.3) is 5.91 Å². The van der Waals surface area contributed by atoms with Crippen molar-refractivity contribution < 1.29 is 37.8 Å². The van der Waals surface area contributed by atoms with Gasteiger partial charge in [-0.3, -0.25) is 28.7 Å². The van der Waals surface area contributed by atoms with Gasteiger partial charge in [-0.15, -0.1) is 0 Å². The minimum atomic E-state index is -0.872. The SMILES string of the molecule is CN[C@H](C)C(=O)N[C@@H](C(=O)N1Cc2cc(OCCCCCCCCC(=O)CCCn3nc(C)c4c3CN(C)C(=O)c3ccc(F)cc3[C@@H](C)Oc3cc-4cnc3N)ccc2CC1C(=O)N[C@H]1CCCc2ccccc21)C(C)(C)C. The molecular weight excluding hydrogens is 1000 g/mol. The summed E-state index contributed by atoms with van der Waals surface area (Å²) < 4.78 is 28.8. The molecule has 79 heavy (non-hydrogen) atoms. The maximum Gasteiger partial charge on any atom is 0.254 e. The largest absolute Gasteiger partial charge is 0.494 e. The molecule has 2 bridgehead atoms. The van der Waals surface area contributed by atoms with E-state index in [-0.39, 0.29) is 54.4 Å². The molecule has 0 radical (unpaired) electrons. The minimum absolute atomic E-state index is 0.147. The predicted molar refractivity (Wildman–Crippen MR) is 303 cm³/mol. The number of aryl methyl sites for hydroxylation is 3. The third kappa shape index (κ3) is 14.0. The second-order valence-corrected chi connectivity index (χ2v) is 22.8. The molecule has 422 valence electrons. The number of Topliss-reactive ketones (excluding diaryl/α,β-unsaturated/α-hetero) is 1. The summed E-state index contributed by atoms with van der Waals surface area (Å²) in [5.74, 6) is -0.151. The number of halogens is 1. The number of carbonyl (C=O) groups is 5. The zero-order valence-corrected chi connectivity index (χ0v) is 47.4. The van der Waals surface area contributed by atoms with E-state index in [0.717, 1.165) is 97.0 Å². The van der Waals surface area contributed by atoms with Gasteiger partial charge in [0.05, 0.1) is 36.6 Å². The first-order valence-electron chi connectivity index (χ1n) is 28.3. The standard InChI is InChI=1S/C62H80FN9O7/c1-38-55-43-33-54(57(64)66-35-43)79-40(3)50-34-45(63)26-28-49(50)60(76)70(8)37-53(55)72(69-38)29-18-22-46(73)21-13-11-9-10-12-16-30-78-47-27-25-42-32-52(59(75)67-51-24-17-20-41-19-14-15-23-48(41)51)71(36-44(42)31-47)61(77)56(62(4,5)6)68-58(74)39(2)65-7/h14-15,19,23,25-28,31,33-35,39-40,51-52,56,65H,9-13,16-18,20-22,24,29-30,32,36-37H2,1-8H3,(H2,64,66)(H,67,75)(H,68,74)/t39-,40-,51+,52?,56+/m1/s1. The molecule has 0 fully saturated rings. The number of nitrogens with zero attached hydrogens (tertiary/aromatic N) is 5. The molecule has 0 spiro atoms. The molecule has 8 rings (SSSR count). The Hall–Kier alpha value is -7.14. The first-order valence-corrected chi connectivity index (χ1v) is 28.3. The number of nitrogens with two attached hydrogens (primary N) is 1. The topological polar surface area (TPSA) is 203 Å². The number of fused-ring (bicyclic) bond motifs is 7. The molecule has 1 unspecified atom stereocenters. The second kappa shape index (κ2) is 25.8. The van der Waals surface area contributed by atoms with Crippen LogP contribution in [0, 0.1) is 18.2 Å². The number of rotatable bonds is 20. The Balaban J connectivity index is 0.807. The fourth-order valence-corrected chi connectivity index (χ4v) is 11.2. The molecule has 16 nitrogen and oxygen atoms in total. The molecule has 1 aliphatic carbocycles. The lowest BCUT2D eigenvalue weighted by Gasteiger charge is -2.41. The first kappa shape index (κ1) is 58.0. The Morgan fingerprint density at radius 2 is 1.66 bits per heavy atom. The lowest BCUT2D eigenvalue weighted by molar-refractivity contribution is -0.147. The predicted octanol–water partition coefficient (Wildman–Crippen LogP) is 9.45. The van der Waals surface area contributed by atoms with Crippen LogP contribution in [0.2, 0.25) is 0 Å².